The summed E-state index contributed by atoms with van der Waals surface area (Å²) in [5.74, 6) is 0.118. The molecule has 0 bridgehead atoms. The van der Waals surface area contributed by atoms with E-state index >= 15 is 0 Å². The molecule has 1 unspecified atom stereocenters. The van der Waals surface area contributed by atoms with Gasteiger partial charge in [-0.25, -0.2) is 0 Å². The van der Waals surface area contributed by atoms with Gasteiger partial charge in [0, 0.05) is 19.6 Å². The molecule has 15 heavy (non-hydrogen) atoms. The Balaban J connectivity index is 2.14. The van der Waals surface area contributed by atoms with Gasteiger partial charge in [0.15, 0.2) is 0 Å². The summed E-state index contributed by atoms with van der Waals surface area (Å²) in [7, 11) is 0. The zero-order chi connectivity index (χ0) is 11.3. The maximum atomic E-state index is 11.8. The molecule has 0 saturated carbocycles. The fraction of sp³-hybridized carbons (Fsp3) is 1.00. The lowest BCUT2D eigenvalue weighted by Crippen LogP contribution is -2.27. The Morgan fingerprint density at radius 2 is 1.87 bits per heavy atom. The van der Waals surface area contributed by atoms with Gasteiger partial charge in [-0.1, -0.05) is 0 Å². The van der Waals surface area contributed by atoms with Crippen LogP contribution in [0.2, 0.25) is 0 Å². The van der Waals surface area contributed by atoms with E-state index in [9.17, 15) is 18.3 Å². The van der Waals surface area contributed by atoms with Crippen LogP contribution in [0.4, 0.5) is 13.2 Å². The molecule has 1 fully saturated rings. The number of hydrogen-bond acceptors (Lipinski definition) is 2. The highest BCUT2D eigenvalue weighted by molar-refractivity contribution is 4.72. The van der Waals surface area contributed by atoms with E-state index in [0.717, 1.165) is 12.8 Å². The van der Waals surface area contributed by atoms with Crippen molar-refractivity contribution in [2.45, 2.75) is 44.4 Å². The van der Waals surface area contributed by atoms with Gasteiger partial charge in [0.1, 0.15) is 0 Å². The molecule has 1 atom stereocenters. The summed E-state index contributed by atoms with van der Waals surface area (Å²) in [6.07, 6.45) is -3.73. The largest absolute Gasteiger partial charge is 0.393 e. The molecule has 2 nitrogen and oxygen atoms in total. The van der Waals surface area contributed by atoms with Crippen molar-refractivity contribution in [1.82, 2.24) is 0 Å². The highest BCUT2D eigenvalue weighted by atomic mass is 19.4. The second-order valence-corrected chi connectivity index (χ2v) is 4.02. The molecule has 0 aromatic carbocycles. The van der Waals surface area contributed by atoms with E-state index in [1.807, 2.05) is 0 Å². The summed E-state index contributed by atoms with van der Waals surface area (Å²) in [5.41, 5.74) is 0. The van der Waals surface area contributed by atoms with E-state index in [2.05, 4.69) is 0 Å². The molecule has 0 aromatic heterocycles. The Hall–Kier alpha value is -0.290. The standard InChI is InChI=1S/C10H17F3O2/c11-10(12,13)5-1-2-9(14)8-3-6-15-7-4-8/h8-9,14H,1-7H2. The molecular weight excluding hydrogens is 209 g/mol. The molecule has 1 saturated heterocycles. The predicted molar refractivity (Wildman–Crippen MR) is 49.5 cm³/mol. The quantitative estimate of drug-likeness (QED) is 0.798. The van der Waals surface area contributed by atoms with E-state index in [0.29, 0.717) is 13.2 Å². The minimum atomic E-state index is -4.10. The Kier molecular flexibility index (Phi) is 4.86. The average Bonchev–Trinajstić information content (AvgIpc) is 2.17. The lowest BCUT2D eigenvalue weighted by atomic mass is 9.91. The number of ether oxygens (including phenoxy) is 1. The van der Waals surface area contributed by atoms with Gasteiger partial charge in [-0.2, -0.15) is 13.2 Å². The number of alkyl halides is 3. The van der Waals surface area contributed by atoms with Crippen molar-refractivity contribution in [3.63, 3.8) is 0 Å². The molecule has 0 aromatic rings. The fourth-order valence-corrected chi connectivity index (χ4v) is 1.85. The van der Waals surface area contributed by atoms with Gasteiger partial charge in [0.2, 0.25) is 0 Å². The van der Waals surface area contributed by atoms with Gasteiger partial charge in [-0.15, -0.1) is 0 Å². The van der Waals surface area contributed by atoms with Gasteiger partial charge >= 0.3 is 6.18 Å². The molecule has 1 rings (SSSR count). The lowest BCUT2D eigenvalue weighted by molar-refractivity contribution is -0.137. The first-order valence-electron chi connectivity index (χ1n) is 5.31. The summed E-state index contributed by atoms with van der Waals surface area (Å²) in [4.78, 5) is 0. The molecule has 0 amide bonds. The highest BCUT2D eigenvalue weighted by Gasteiger charge is 2.28. The van der Waals surface area contributed by atoms with E-state index < -0.39 is 18.7 Å². The van der Waals surface area contributed by atoms with Crippen molar-refractivity contribution in [3.05, 3.63) is 0 Å². The third kappa shape index (κ3) is 5.37. The number of aliphatic hydroxyl groups is 1. The van der Waals surface area contributed by atoms with Crippen LogP contribution < -0.4 is 0 Å². The Morgan fingerprint density at radius 3 is 2.40 bits per heavy atom. The average molecular weight is 226 g/mol. The first kappa shape index (κ1) is 12.8. The summed E-state index contributed by atoms with van der Waals surface area (Å²) in [6.45, 7) is 1.22. The smallest absolute Gasteiger partial charge is 0.389 e. The van der Waals surface area contributed by atoms with Crippen LogP contribution in [0.1, 0.15) is 32.1 Å². The maximum Gasteiger partial charge on any atom is 0.389 e. The molecule has 0 aliphatic carbocycles. The number of rotatable bonds is 4. The molecule has 90 valence electrons. The van der Waals surface area contributed by atoms with Crippen molar-refractivity contribution < 1.29 is 23.0 Å². The van der Waals surface area contributed by atoms with Crippen molar-refractivity contribution in [1.29, 1.82) is 0 Å². The van der Waals surface area contributed by atoms with Gasteiger partial charge in [-0.3, -0.25) is 0 Å². The van der Waals surface area contributed by atoms with Crippen molar-refractivity contribution in [2.75, 3.05) is 13.2 Å². The van der Waals surface area contributed by atoms with Crippen LogP contribution in [0, 0.1) is 5.92 Å². The van der Waals surface area contributed by atoms with Gasteiger partial charge in [0.05, 0.1) is 6.10 Å². The van der Waals surface area contributed by atoms with Crippen LogP contribution in [-0.2, 0) is 4.74 Å². The van der Waals surface area contributed by atoms with E-state index in [1.54, 1.807) is 0 Å². The third-order valence-electron chi connectivity index (χ3n) is 2.77. The molecular formula is C10H17F3O2. The molecule has 1 N–H and O–H groups in total. The molecule has 0 radical (unpaired) electrons. The van der Waals surface area contributed by atoms with Crippen molar-refractivity contribution in [2.24, 2.45) is 5.92 Å². The SMILES string of the molecule is OC(CCCC(F)(F)F)C1CCOCC1. The normalized spacial score (nSPS) is 21.6. The zero-order valence-electron chi connectivity index (χ0n) is 8.59. The Bertz CT molecular complexity index is 176. The molecule has 5 heteroatoms. The maximum absolute atomic E-state index is 11.8. The number of aliphatic hydroxyl groups excluding tert-OH is 1. The molecule has 0 spiro atoms. The monoisotopic (exact) mass is 226 g/mol. The summed E-state index contributed by atoms with van der Waals surface area (Å²) in [6, 6.07) is 0. The van der Waals surface area contributed by atoms with Crippen LogP contribution in [-0.4, -0.2) is 30.6 Å². The minimum absolute atomic E-state index is 0.0159. The highest BCUT2D eigenvalue weighted by Crippen LogP contribution is 2.26. The number of halogens is 3. The second-order valence-electron chi connectivity index (χ2n) is 4.02. The van der Waals surface area contributed by atoms with E-state index in [-0.39, 0.29) is 18.8 Å². The van der Waals surface area contributed by atoms with Crippen molar-refractivity contribution in [3.8, 4) is 0 Å². The van der Waals surface area contributed by atoms with Crippen LogP contribution in [0.3, 0.4) is 0 Å². The third-order valence-corrected chi connectivity index (χ3v) is 2.77. The van der Waals surface area contributed by atoms with Crippen molar-refractivity contribution >= 4 is 0 Å². The first-order valence-corrected chi connectivity index (χ1v) is 5.31. The van der Waals surface area contributed by atoms with Gasteiger partial charge in [-0.05, 0) is 31.6 Å². The fourth-order valence-electron chi connectivity index (χ4n) is 1.85. The lowest BCUT2D eigenvalue weighted by Gasteiger charge is -2.26. The van der Waals surface area contributed by atoms with Crippen LogP contribution >= 0.6 is 0 Å². The van der Waals surface area contributed by atoms with Crippen LogP contribution in [0.5, 0.6) is 0 Å². The zero-order valence-corrected chi connectivity index (χ0v) is 8.59. The summed E-state index contributed by atoms with van der Waals surface area (Å²) >= 11 is 0. The molecule has 1 heterocycles. The minimum Gasteiger partial charge on any atom is -0.393 e. The molecule has 1 aliphatic rings. The van der Waals surface area contributed by atoms with E-state index in [4.69, 9.17) is 4.74 Å². The van der Waals surface area contributed by atoms with Gasteiger partial charge < -0.3 is 9.84 Å². The van der Waals surface area contributed by atoms with Crippen LogP contribution in [0.25, 0.3) is 0 Å². The summed E-state index contributed by atoms with van der Waals surface area (Å²) in [5, 5.41) is 9.65. The van der Waals surface area contributed by atoms with Crippen LogP contribution in [0.15, 0.2) is 0 Å². The van der Waals surface area contributed by atoms with Gasteiger partial charge in [0.25, 0.3) is 0 Å². The first-order chi connectivity index (χ1) is 6.99. The Labute approximate surface area is 87.4 Å². The second kappa shape index (κ2) is 5.70. The Morgan fingerprint density at radius 1 is 1.27 bits per heavy atom. The summed E-state index contributed by atoms with van der Waals surface area (Å²) < 4.78 is 40.7. The molecule has 1 aliphatic heterocycles. The van der Waals surface area contributed by atoms with E-state index in [1.165, 1.54) is 0 Å². The predicted octanol–water partition coefficient (Wildman–Crippen LogP) is 2.51. The number of hydrogen-bond donors (Lipinski definition) is 1. The topological polar surface area (TPSA) is 29.5 Å².